The number of amides is 2. The molecule has 0 saturated heterocycles. The Morgan fingerprint density at radius 2 is 1.76 bits per heavy atom. The van der Waals surface area contributed by atoms with E-state index in [2.05, 4.69) is 5.32 Å². The Balaban J connectivity index is 1.80. The van der Waals surface area contributed by atoms with Crippen LogP contribution in [0.4, 0.5) is 0 Å². The number of hydrogen-bond acceptors (Lipinski definition) is 4. The third kappa shape index (κ3) is 7.03. The average molecular weight is 507 g/mol. The smallest absolute Gasteiger partial charge is 0.243 e. The fourth-order valence-electron chi connectivity index (χ4n) is 3.84. The third-order valence-corrected chi connectivity index (χ3v) is 6.06. The van der Waals surface area contributed by atoms with Gasteiger partial charge in [0.15, 0.2) is 11.5 Å². The van der Waals surface area contributed by atoms with Gasteiger partial charge in [-0.3, -0.25) is 9.59 Å². The number of halogens is 2. The summed E-state index contributed by atoms with van der Waals surface area (Å²) in [6.45, 7) is 8.91. The van der Waals surface area contributed by atoms with Crippen molar-refractivity contribution in [2.24, 2.45) is 0 Å². The zero-order valence-corrected chi connectivity index (χ0v) is 21.6. The lowest BCUT2D eigenvalue weighted by atomic mass is 10.0. The van der Waals surface area contributed by atoms with E-state index in [1.807, 2.05) is 45.9 Å². The monoisotopic (exact) mass is 506 g/mol. The molecule has 0 unspecified atom stereocenters. The summed E-state index contributed by atoms with van der Waals surface area (Å²) in [6.07, 6.45) is 1.23. The minimum absolute atomic E-state index is 0.128. The predicted octanol–water partition coefficient (Wildman–Crippen LogP) is 5.42. The quantitative estimate of drug-likeness (QED) is 0.518. The van der Waals surface area contributed by atoms with Crippen LogP contribution in [0.15, 0.2) is 36.4 Å². The van der Waals surface area contributed by atoms with Crippen LogP contribution < -0.4 is 14.8 Å². The van der Waals surface area contributed by atoms with E-state index in [0.29, 0.717) is 47.6 Å². The van der Waals surface area contributed by atoms with Crippen LogP contribution in [0.5, 0.6) is 11.5 Å². The van der Waals surface area contributed by atoms with Crippen molar-refractivity contribution >= 4 is 35.0 Å². The first kappa shape index (κ1) is 26.2. The molecule has 1 heterocycles. The molecule has 0 aliphatic carbocycles. The van der Waals surface area contributed by atoms with Crippen molar-refractivity contribution in [3.05, 3.63) is 57.6 Å². The Bertz CT molecular complexity index is 1040. The van der Waals surface area contributed by atoms with Crippen LogP contribution in [0.2, 0.25) is 10.0 Å². The lowest BCUT2D eigenvalue weighted by Gasteiger charge is -2.33. The highest BCUT2D eigenvalue weighted by atomic mass is 35.5. The van der Waals surface area contributed by atoms with Crippen LogP contribution in [0.3, 0.4) is 0 Å². The van der Waals surface area contributed by atoms with Crippen LogP contribution in [0.1, 0.15) is 51.7 Å². The standard InChI is InChI=1S/C26H32Cl2N2O4/c1-5-21(25(32)29-26(2,3)4)30(16-18-8-9-19(27)15-20(18)28)24(31)11-7-17-6-10-22-23(14-17)34-13-12-33-22/h6,8-10,14-15,21H,5,7,11-13,16H2,1-4H3,(H,29,32)/t21-/m1/s1. The van der Waals surface area contributed by atoms with Gasteiger partial charge in [0.25, 0.3) is 0 Å². The van der Waals surface area contributed by atoms with Crippen LogP contribution in [-0.4, -0.2) is 41.5 Å². The number of carbonyl (C=O) groups excluding carboxylic acids is 2. The fraction of sp³-hybridized carbons (Fsp3) is 0.462. The van der Waals surface area contributed by atoms with Gasteiger partial charge in [0, 0.05) is 28.5 Å². The second-order valence-corrected chi connectivity index (χ2v) is 10.2. The molecule has 1 N–H and O–H groups in total. The summed E-state index contributed by atoms with van der Waals surface area (Å²) in [5, 5.41) is 3.98. The van der Waals surface area contributed by atoms with Crippen LogP contribution in [0, 0.1) is 0 Å². The predicted molar refractivity (Wildman–Crippen MR) is 135 cm³/mol. The number of rotatable bonds is 8. The fourth-order valence-corrected chi connectivity index (χ4v) is 4.31. The number of fused-ring (bicyclic) bond motifs is 1. The van der Waals surface area contributed by atoms with Gasteiger partial charge in [0.1, 0.15) is 19.3 Å². The van der Waals surface area contributed by atoms with Crippen molar-refractivity contribution in [1.29, 1.82) is 0 Å². The minimum Gasteiger partial charge on any atom is -0.486 e. The van der Waals surface area contributed by atoms with Gasteiger partial charge in [0.2, 0.25) is 11.8 Å². The van der Waals surface area contributed by atoms with E-state index in [-0.39, 0.29) is 24.8 Å². The summed E-state index contributed by atoms with van der Waals surface area (Å²) in [6, 6.07) is 10.3. The van der Waals surface area contributed by atoms with E-state index >= 15 is 0 Å². The first-order valence-electron chi connectivity index (χ1n) is 11.5. The molecule has 0 spiro atoms. The highest BCUT2D eigenvalue weighted by molar-refractivity contribution is 6.35. The molecule has 0 radical (unpaired) electrons. The zero-order valence-electron chi connectivity index (χ0n) is 20.1. The van der Waals surface area contributed by atoms with Crippen molar-refractivity contribution in [3.8, 4) is 11.5 Å². The maximum absolute atomic E-state index is 13.5. The summed E-state index contributed by atoms with van der Waals surface area (Å²) in [5.74, 6) is 1.09. The lowest BCUT2D eigenvalue weighted by Crippen LogP contribution is -2.53. The van der Waals surface area contributed by atoms with E-state index in [1.165, 1.54) is 0 Å². The maximum Gasteiger partial charge on any atom is 0.243 e. The van der Waals surface area contributed by atoms with Gasteiger partial charge in [-0.1, -0.05) is 42.3 Å². The number of nitrogens with zero attached hydrogens (tertiary/aromatic N) is 1. The molecular weight excluding hydrogens is 475 g/mol. The maximum atomic E-state index is 13.5. The Morgan fingerprint density at radius 3 is 2.41 bits per heavy atom. The normalized spacial score (nSPS) is 13.8. The molecule has 0 bridgehead atoms. The molecule has 34 heavy (non-hydrogen) atoms. The molecule has 1 aliphatic heterocycles. The Labute approximate surface area is 211 Å². The lowest BCUT2D eigenvalue weighted by molar-refractivity contribution is -0.142. The summed E-state index contributed by atoms with van der Waals surface area (Å²) in [5.41, 5.74) is 1.29. The minimum atomic E-state index is -0.626. The number of carbonyl (C=O) groups is 2. The van der Waals surface area contributed by atoms with Gasteiger partial charge in [-0.25, -0.2) is 0 Å². The molecule has 0 saturated carbocycles. The van der Waals surface area contributed by atoms with Crippen molar-refractivity contribution < 1.29 is 19.1 Å². The second kappa shape index (κ2) is 11.3. The number of aryl methyl sites for hydroxylation is 1. The highest BCUT2D eigenvalue weighted by Crippen LogP contribution is 2.31. The van der Waals surface area contributed by atoms with Crippen molar-refractivity contribution in [1.82, 2.24) is 10.2 Å². The van der Waals surface area contributed by atoms with Gasteiger partial charge < -0.3 is 19.7 Å². The molecule has 1 aliphatic rings. The molecule has 6 nitrogen and oxygen atoms in total. The van der Waals surface area contributed by atoms with Crippen molar-refractivity contribution in [2.45, 2.75) is 65.1 Å². The highest BCUT2D eigenvalue weighted by Gasteiger charge is 2.31. The zero-order chi connectivity index (χ0) is 24.9. The summed E-state index contributed by atoms with van der Waals surface area (Å²) in [4.78, 5) is 28.2. The summed E-state index contributed by atoms with van der Waals surface area (Å²) >= 11 is 12.5. The number of benzene rings is 2. The molecule has 0 aromatic heterocycles. The van der Waals surface area contributed by atoms with E-state index in [9.17, 15) is 9.59 Å². The van der Waals surface area contributed by atoms with E-state index in [4.69, 9.17) is 32.7 Å². The second-order valence-electron chi connectivity index (χ2n) is 9.40. The van der Waals surface area contributed by atoms with E-state index in [0.717, 1.165) is 11.1 Å². The van der Waals surface area contributed by atoms with Crippen LogP contribution in [-0.2, 0) is 22.6 Å². The van der Waals surface area contributed by atoms with Gasteiger partial charge in [-0.15, -0.1) is 0 Å². The van der Waals surface area contributed by atoms with Crippen molar-refractivity contribution in [2.75, 3.05) is 13.2 Å². The summed E-state index contributed by atoms with van der Waals surface area (Å²) < 4.78 is 11.2. The van der Waals surface area contributed by atoms with E-state index in [1.54, 1.807) is 23.1 Å². The largest absolute Gasteiger partial charge is 0.486 e. The van der Waals surface area contributed by atoms with Gasteiger partial charge >= 0.3 is 0 Å². The van der Waals surface area contributed by atoms with Crippen molar-refractivity contribution in [3.63, 3.8) is 0 Å². The first-order chi connectivity index (χ1) is 16.1. The number of nitrogens with one attached hydrogen (secondary N) is 1. The molecule has 3 rings (SSSR count). The molecule has 2 amide bonds. The van der Waals surface area contributed by atoms with Crippen LogP contribution in [0.25, 0.3) is 0 Å². The molecular formula is C26H32Cl2N2O4. The van der Waals surface area contributed by atoms with Gasteiger partial charge in [0.05, 0.1) is 0 Å². The SMILES string of the molecule is CC[C@H](C(=O)NC(C)(C)C)N(Cc1ccc(Cl)cc1Cl)C(=O)CCc1ccc2c(c1)OCCO2. The molecule has 0 fully saturated rings. The molecule has 2 aromatic rings. The Hall–Kier alpha value is -2.44. The van der Waals surface area contributed by atoms with Crippen LogP contribution >= 0.6 is 23.2 Å². The Morgan fingerprint density at radius 1 is 1.06 bits per heavy atom. The molecule has 184 valence electrons. The van der Waals surface area contributed by atoms with E-state index < -0.39 is 11.6 Å². The number of hydrogen-bond donors (Lipinski definition) is 1. The molecule has 1 atom stereocenters. The Kier molecular flexibility index (Phi) is 8.72. The first-order valence-corrected chi connectivity index (χ1v) is 12.3. The topological polar surface area (TPSA) is 67.9 Å². The van der Waals surface area contributed by atoms with Gasteiger partial charge in [-0.05, 0) is 69.0 Å². The number of ether oxygens (including phenoxy) is 2. The summed E-state index contributed by atoms with van der Waals surface area (Å²) in [7, 11) is 0. The third-order valence-electron chi connectivity index (χ3n) is 5.47. The van der Waals surface area contributed by atoms with Gasteiger partial charge in [-0.2, -0.15) is 0 Å². The molecule has 8 heteroatoms. The average Bonchev–Trinajstić information content (AvgIpc) is 2.77. The molecule has 2 aromatic carbocycles.